The SMILES string of the molecule is CN(Cc1ccc(CN)cc1)C1CCCCC1. The molecule has 0 heterocycles. The van der Waals surface area contributed by atoms with Crippen LogP contribution in [-0.2, 0) is 13.1 Å². The number of rotatable bonds is 4. The highest BCUT2D eigenvalue weighted by molar-refractivity contribution is 5.22. The number of nitrogens with two attached hydrogens (primary N) is 1. The fraction of sp³-hybridized carbons (Fsp3) is 0.600. The van der Waals surface area contributed by atoms with E-state index in [-0.39, 0.29) is 0 Å². The third-order valence-electron chi connectivity index (χ3n) is 3.89. The van der Waals surface area contributed by atoms with Crippen LogP contribution < -0.4 is 5.73 Å². The van der Waals surface area contributed by atoms with E-state index < -0.39 is 0 Å². The van der Waals surface area contributed by atoms with Crippen LogP contribution in [0, 0.1) is 0 Å². The van der Waals surface area contributed by atoms with E-state index in [2.05, 4.69) is 36.2 Å². The average molecular weight is 232 g/mol. The lowest BCUT2D eigenvalue weighted by molar-refractivity contribution is 0.184. The first-order chi connectivity index (χ1) is 8.29. The van der Waals surface area contributed by atoms with Gasteiger partial charge in [0, 0.05) is 19.1 Å². The molecule has 0 spiro atoms. The van der Waals surface area contributed by atoms with Crippen LogP contribution in [0.25, 0.3) is 0 Å². The highest BCUT2D eigenvalue weighted by atomic mass is 15.1. The lowest BCUT2D eigenvalue weighted by atomic mass is 9.94. The van der Waals surface area contributed by atoms with Crippen molar-refractivity contribution in [1.29, 1.82) is 0 Å². The van der Waals surface area contributed by atoms with Gasteiger partial charge >= 0.3 is 0 Å². The van der Waals surface area contributed by atoms with Crippen LogP contribution in [0.1, 0.15) is 43.2 Å². The molecule has 2 nitrogen and oxygen atoms in total. The van der Waals surface area contributed by atoms with Crippen LogP contribution in [0.2, 0.25) is 0 Å². The van der Waals surface area contributed by atoms with Crippen molar-refractivity contribution in [2.75, 3.05) is 7.05 Å². The second kappa shape index (κ2) is 6.18. The van der Waals surface area contributed by atoms with Gasteiger partial charge in [-0.2, -0.15) is 0 Å². The molecule has 1 aliphatic rings. The molecule has 94 valence electrons. The van der Waals surface area contributed by atoms with Gasteiger partial charge in [0.15, 0.2) is 0 Å². The summed E-state index contributed by atoms with van der Waals surface area (Å²) in [6, 6.07) is 9.50. The molecule has 0 radical (unpaired) electrons. The molecule has 0 bridgehead atoms. The van der Waals surface area contributed by atoms with Crippen LogP contribution >= 0.6 is 0 Å². The normalized spacial score (nSPS) is 17.6. The molecule has 0 saturated heterocycles. The summed E-state index contributed by atoms with van der Waals surface area (Å²) < 4.78 is 0. The first kappa shape index (κ1) is 12.6. The van der Waals surface area contributed by atoms with Crippen LogP contribution in [0.5, 0.6) is 0 Å². The predicted molar refractivity (Wildman–Crippen MR) is 72.7 cm³/mol. The lowest BCUT2D eigenvalue weighted by Gasteiger charge is -2.31. The number of benzene rings is 1. The first-order valence-electron chi connectivity index (χ1n) is 6.77. The van der Waals surface area contributed by atoms with Gasteiger partial charge in [0.25, 0.3) is 0 Å². The van der Waals surface area contributed by atoms with Crippen molar-refractivity contribution in [2.45, 2.75) is 51.2 Å². The number of hydrogen-bond donors (Lipinski definition) is 1. The number of hydrogen-bond acceptors (Lipinski definition) is 2. The molecule has 1 aromatic carbocycles. The molecule has 0 unspecified atom stereocenters. The summed E-state index contributed by atoms with van der Waals surface area (Å²) >= 11 is 0. The minimum absolute atomic E-state index is 0.638. The van der Waals surface area contributed by atoms with Crippen molar-refractivity contribution in [2.24, 2.45) is 5.73 Å². The van der Waals surface area contributed by atoms with Gasteiger partial charge in [-0.15, -0.1) is 0 Å². The standard InChI is InChI=1S/C15H24N2/c1-17(15-5-3-2-4-6-15)12-14-9-7-13(11-16)8-10-14/h7-10,15H,2-6,11-12,16H2,1H3. The van der Waals surface area contributed by atoms with Gasteiger partial charge in [-0.25, -0.2) is 0 Å². The molecular weight excluding hydrogens is 208 g/mol. The Morgan fingerprint density at radius 2 is 1.65 bits per heavy atom. The van der Waals surface area contributed by atoms with Crippen molar-refractivity contribution in [3.63, 3.8) is 0 Å². The summed E-state index contributed by atoms with van der Waals surface area (Å²) in [5.74, 6) is 0. The Morgan fingerprint density at radius 3 is 2.24 bits per heavy atom. The second-order valence-electron chi connectivity index (χ2n) is 5.23. The van der Waals surface area contributed by atoms with E-state index in [0.29, 0.717) is 6.54 Å². The van der Waals surface area contributed by atoms with Gasteiger partial charge in [0.2, 0.25) is 0 Å². The Kier molecular flexibility index (Phi) is 4.57. The Bertz CT molecular complexity index is 325. The molecule has 2 heteroatoms. The highest BCUT2D eigenvalue weighted by Gasteiger charge is 2.17. The Labute approximate surface area is 105 Å². The molecule has 1 aromatic rings. The summed E-state index contributed by atoms with van der Waals surface area (Å²) in [7, 11) is 2.26. The van der Waals surface area contributed by atoms with E-state index in [1.54, 1.807) is 0 Å². The summed E-state index contributed by atoms with van der Waals surface area (Å²) in [5.41, 5.74) is 8.22. The van der Waals surface area contributed by atoms with Crippen LogP contribution in [-0.4, -0.2) is 18.0 Å². The summed E-state index contributed by atoms with van der Waals surface area (Å²) in [5, 5.41) is 0. The summed E-state index contributed by atoms with van der Waals surface area (Å²) in [4.78, 5) is 2.51. The maximum atomic E-state index is 5.61. The van der Waals surface area contributed by atoms with E-state index in [1.807, 2.05) is 0 Å². The molecule has 1 saturated carbocycles. The quantitative estimate of drug-likeness (QED) is 0.865. The average Bonchev–Trinajstić information content (AvgIpc) is 2.40. The highest BCUT2D eigenvalue weighted by Crippen LogP contribution is 2.22. The maximum absolute atomic E-state index is 5.61. The Hall–Kier alpha value is -0.860. The molecule has 0 atom stereocenters. The molecule has 1 aliphatic carbocycles. The monoisotopic (exact) mass is 232 g/mol. The van der Waals surface area contributed by atoms with Gasteiger partial charge < -0.3 is 5.73 Å². The zero-order valence-electron chi connectivity index (χ0n) is 10.9. The number of nitrogens with zero attached hydrogens (tertiary/aromatic N) is 1. The zero-order chi connectivity index (χ0) is 12.1. The molecule has 0 aliphatic heterocycles. The molecule has 2 N–H and O–H groups in total. The van der Waals surface area contributed by atoms with Gasteiger partial charge in [-0.3, -0.25) is 4.90 Å². The van der Waals surface area contributed by atoms with Crippen molar-refractivity contribution in [3.05, 3.63) is 35.4 Å². The van der Waals surface area contributed by atoms with Crippen molar-refractivity contribution >= 4 is 0 Å². The van der Waals surface area contributed by atoms with Gasteiger partial charge in [0.05, 0.1) is 0 Å². The third-order valence-corrected chi connectivity index (χ3v) is 3.89. The molecule has 0 amide bonds. The molecule has 2 rings (SSSR count). The summed E-state index contributed by atoms with van der Waals surface area (Å²) in [6.45, 7) is 1.70. The fourth-order valence-corrected chi connectivity index (χ4v) is 2.72. The van der Waals surface area contributed by atoms with Crippen LogP contribution in [0.4, 0.5) is 0 Å². The topological polar surface area (TPSA) is 29.3 Å². The third kappa shape index (κ3) is 3.55. The maximum Gasteiger partial charge on any atom is 0.0233 e. The molecule has 0 aromatic heterocycles. The van der Waals surface area contributed by atoms with E-state index >= 15 is 0 Å². The van der Waals surface area contributed by atoms with Gasteiger partial charge in [-0.1, -0.05) is 43.5 Å². The molecule has 17 heavy (non-hydrogen) atoms. The van der Waals surface area contributed by atoms with Gasteiger partial charge in [0.1, 0.15) is 0 Å². The van der Waals surface area contributed by atoms with E-state index in [9.17, 15) is 0 Å². The van der Waals surface area contributed by atoms with E-state index in [4.69, 9.17) is 5.73 Å². The first-order valence-corrected chi connectivity index (χ1v) is 6.77. The molecular formula is C15H24N2. The predicted octanol–water partition coefficient (Wildman–Crippen LogP) is 2.91. The summed E-state index contributed by atoms with van der Waals surface area (Å²) in [6.07, 6.45) is 6.98. The second-order valence-corrected chi connectivity index (χ2v) is 5.23. The zero-order valence-corrected chi connectivity index (χ0v) is 10.9. The largest absolute Gasteiger partial charge is 0.326 e. The van der Waals surface area contributed by atoms with Crippen molar-refractivity contribution in [3.8, 4) is 0 Å². The molecule has 1 fully saturated rings. The lowest BCUT2D eigenvalue weighted by Crippen LogP contribution is -2.32. The van der Waals surface area contributed by atoms with Crippen molar-refractivity contribution < 1.29 is 0 Å². The Morgan fingerprint density at radius 1 is 1.06 bits per heavy atom. The van der Waals surface area contributed by atoms with E-state index in [1.165, 1.54) is 43.2 Å². The minimum atomic E-state index is 0.638. The van der Waals surface area contributed by atoms with Crippen molar-refractivity contribution in [1.82, 2.24) is 4.90 Å². The van der Waals surface area contributed by atoms with Crippen LogP contribution in [0.15, 0.2) is 24.3 Å². The van der Waals surface area contributed by atoms with Crippen LogP contribution in [0.3, 0.4) is 0 Å². The smallest absolute Gasteiger partial charge is 0.0233 e. The Balaban J connectivity index is 1.89. The fourth-order valence-electron chi connectivity index (χ4n) is 2.72. The van der Waals surface area contributed by atoms with E-state index in [0.717, 1.165) is 12.6 Å². The van der Waals surface area contributed by atoms with Gasteiger partial charge in [-0.05, 0) is 31.0 Å². The minimum Gasteiger partial charge on any atom is -0.326 e.